The highest BCUT2D eigenvalue weighted by Crippen LogP contribution is 2.37. The number of thioether (sulfide) groups is 1. The Labute approximate surface area is 169 Å². The number of hydrogen-bond acceptors (Lipinski definition) is 4. The zero-order valence-corrected chi connectivity index (χ0v) is 17.4. The average Bonchev–Trinajstić information content (AvgIpc) is 2.69. The third-order valence-electron chi connectivity index (χ3n) is 4.79. The van der Waals surface area contributed by atoms with Crippen LogP contribution < -0.4 is 5.32 Å². The third kappa shape index (κ3) is 4.09. The number of rotatable bonds is 6. The minimum Gasteiger partial charge on any atom is -0.345 e. The summed E-state index contributed by atoms with van der Waals surface area (Å²) < 4.78 is 40.5. The Morgan fingerprint density at radius 1 is 1.18 bits per heavy atom. The zero-order valence-electron chi connectivity index (χ0n) is 15.8. The number of fused-ring (bicyclic) bond motifs is 1. The predicted octanol–water partition coefficient (Wildman–Crippen LogP) is 3.82. The van der Waals surface area contributed by atoms with Crippen LogP contribution in [0, 0.1) is 5.82 Å². The second-order valence-corrected chi connectivity index (χ2v) is 9.48. The highest BCUT2D eigenvalue weighted by Gasteiger charge is 2.25. The average molecular weight is 423 g/mol. The molecule has 0 saturated heterocycles. The number of sulfonamides is 1. The number of carbonyl (C=O) groups excluding carboxylic acids is 1. The Kier molecular flexibility index (Phi) is 6.42. The molecule has 0 fully saturated rings. The lowest BCUT2D eigenvalue weighted by atomic mass is 10.0. The van der Waals surface area contributed by atoms with Crippen LogP contribution in [0.3, 0.4) is 0 Å². The van der Waals surface area contributed by atoms with Gasteiger partial charge < -0.3 is 5.32 Å². The van der Waals surface area contributed by atoms with Crippen LogP contribution in [0.1, 0.15) is 42.2 Å². The third-order valence-corrected chi connectivity index (χ3v) is 8.01. The second-order valence-electron chi connectivity index (χ2n) is 6.44. The minimum atomic E-state index is -3.56. The molecular weight excluding hydrogens is 399 g/mol. The van der Waals surface area contributed by atoms with Crippen LogP contribution in [0.25, 0.3) is 0 Å². The van der Waals surface area contributed by atoms with Gasteiger partial charge in [0.15, 0.2) is 0 Å². The van der Waals surface area contributed by atoms with Crippen molar-refractivity contribution >= 4 is 27.7 Å². The molecule has 150 valence electrons. The molecule has 1 N–H and O–H groups in total. The first-order valence-corrected chi connectivity index (χ1v) is 11.6. The molecule has 1 heterocycles. The maximum atomic E-state index is 14.0. The van der Waals surface area contributed by atoms with Gasteiger partial charge in [0, 0.05) is 29.3 Å². The van der Waals surface area contributed by atoms with Crippen molar-refractivity contribution < 1.29 is 17.6 Å². The lowest BCUT2D eigenvalue weighted by molar-refractivity contribution is 0.0934. The molecule has 0 aromatic heterocycles. The lowest BCUT2D eigenvalue weighted by Gasteiger charge is -2.26. The van der Waals surface area contributed by atoms with Crippen LogP contribution >= 0.6 is 11.8 Å². The number of nitrogens with zero attached hydrogens (tertiary/aromatic N) is 1. The van der Waals surface area contributed by atoms with Gasteiger partial charge in [-0.2, -0.15) is 4.31 Å². The fourth-order valence-electron chi connectivity index (χ4n) is 3.27. The Bertz CT molecular complexity index is 958. The summed E-state index contributed by atoms with van der Waals surface area (Å²) in [5.74, 6) is 0.145. The van der Waals surface area contributed by atoms with E-state index in [1.807, 2.05) is 6.07 Å². The quantitative estimate of drug-likeness (QED) is 0.769. The van der Waals surface area contributed by atoms with E-state index in [0.717, 1.165) is 11.3 Å². The predicted molar refractivity (Wildman–Crippen MR) is 108 cm³/mol. The first-order chi connectivity index (χ1) is 13.4. The molecule has 3 rings (SSSR count). The van der Waals surface area contributed by atoms with Crippen LogP contribution in [-0.2, 0) is 10.0 Å². The van der Waals surface area contributed by atoms with E-state index in [1.54, 1.807) is 19.9 Å². The number of halogens is 1. The molecule has 1 atom stereocenters. The Morgan fingerprint density at radius 2 is 1.86 bits per heavy atom. The van der Waals surface area contributed by atoms with Crippen LogP contribution in [0.2, 0.25) is 0 Å². The summed E-state index contributed by atoms with van der Waals surface area (Å²) >= 11 is 1.46. The molecule has 2 aromatic rings. The van der Waals surface area contributed by atoms with Crippen molar-refractivity contribution in [2.24, 2.45) is 0 Å². The zero-order chi connectivity index (χ0) is 20.3. The van der Waals surface area contributed by atoms with Crippen LogP contribution in [0.15, 0.2) is 52.3 Å². The van der Waals surface area contributed by atoms with Crippen molar-refractivity contribution in [3.8, 4) is 0 Å². The van der Waals surface area contributed by atoms with Gasteiger partial charge >= 0.3 is 0 Å². The number of carbonyl (C=O) groups is 1. The molecule has 8 heteroatoms. The summed E-state index contributed by atoms with van der Waals surface area (Å²) in [7, 11) is -3.56. The Morgan fingerprint density at radius 3 is 2.50 bits per heavy atom. The molecule has 5 nitrogen and oxygen atoms in total. The SMILES string of the molecule is CCN(CC)S(=O)(=O)c1ccc(C(=O)NC2CCSc3c(F)cccc32)cc1. The molecule has 1 aliphatic heterocycles. The molecule has 0 bridgehead atoms. The highest BCUT2D eigenvalue weighted by molar-refractivity contribution is 7.99. The number of hydrogen-bond donors (Lipinski definition) is 1. The summed E-state index contributed by atoms with van der Waals surface area (Å²) in [4.78, 5) is 13.4. The van der Waals surface area contributed by atoms with Crippen LogP contribution in [-0.4, -0.2) is 37.5 Å². The topological polar surface area (TPSA) is 66.5 Å². The van der Waals surface area contributed by atoms with E-state index in [-0.39, 0.29) is 22.7 Å². The van der Waals surface area contributed by atoms with Crippen LogP contribution in [0.4, 0.5) is 4.39 Å². The van der Waals surface area contributed by atoms with E-state index < -0.39 is 10.0 Å². The van der Waals surface area contributed by atoms with Gasteiger partial charge in [0.1, 0.15) is 5.82 Å². The standard InChI is InChI=1S/C20H23FN2O3S2/c1-3-23(4-2)28(25,26)15-10-8-14(9-11-15)20(24)22-18-12-13-27-19-16(18)6-5-7-17(19)21/h5-11,18H,3-4,12-13H2,1-2H3,(H,22,24). The number of nitrogens with one attached hydrogen (secondary N) is 1. The fourth-order valence-corrected chi connectivity index (χ4v) is 5.87. The largest absolute Gasteiger partial charge is 0.345 e. The minimum absolute atomic E-state index is 0.161. The summed E-state index contributed by atoms with van der Waals surface area (Å²) in [5, 5.41) is 2.94. The van der Waals surface area contributed by atoms with Crippen LogP contribution in [0.5, 0.6) is 0 Å². The maximum absolute atomic E-state index is 14.0. The Balaban J connectivity index is 1.78. The molecular formula is C20H23FN2O3S2. The van der Waals surface area contributed by atoms with E-state index in [2.05, 4.69) is 5.32 Å². The van der Waals surface area contributed by atoms with Crippen molar-refractivity contribution in [3.05, 3.63) is 59.4 Å². The van der Waals surface area contributed by atoms with Crippen molar-refractivity contribution in [3.63, 3.8) is 0 Å². The molecule has 0 aliphatic carbocycles. The summed E-state index contributed by atoms with van der Waals surface area (Å²) in [6, 6.07) is 10.6. The molecule has 1 unspecified atom stereocenters. The summed E-state index contributed by atoms with van der Waals surface area (Å²) in [6.45, 7) is 4.34. The smallest absolute Gasteiger partial charge is 0.251 e. The number of amides is 1. The number of benzene rings is 2. The summed E-state index contributed by atoms with van der Waals surface area (Å²) in [6.07, 6.45) is 0.710. The summed E-state index contributed by atoms with van der Waals surface area (Å²) in [5.41, 5.74) is 1.15. The maximum Gasteiger partial charge on any atom is 0.251 e. The van der Waals surface area contributed by atoms with E-state index in [1.165, 1.54) is 46.4 Å². The van der Waals surface area contributed by atoms with E-state index in [0.29, 0.717) is 30.0 Å². The fraction of sp³-hybridized carbons (Fsp3) is 0.350. The van der Waals surface area contributed by atoms with Gasteiger partial charge in [-0.15, -0.1) is 11.8 Å². The van der Waals surface area contributed by atoms with Gasteiger partial charge in [-0.05, 0) is 42.3 Å². The molecule has 0 radical (unpaired) electrons. The molecule has 28 heavy (non-hydrogen) atoms. The van der Waals surface area contributed by atoms with Gasteiger partial charge in [0.25, 0.3) is 5.91 Å². The van der Waals surface area contributed by atoms with Gasteiger partial charge in [0.05, 0.1) is 10.9 Å². The normalized spacial score (nSPS) is 16.6. The van der Waals surface area contributed by atoms with Crippen molar-refractivity contribution in [2.75, 3.05) is 18.8 Å². The van der Waals surface area contributed by atoms with E-state index >= 15 is 0 Å². The van der Waals surface area contributed by atoms with Crippen molar-refractivity contribution in [2.45, 2.75) is 36.1 Å². The Hall–Kier alpha value is -1.90. The first-order valence-electron chi connectivity index (χ1n) is 9.20. The lowest BCUT2D eigenvalue weighted by Crippen LogP contribution is -2.31. The molecule has 0 spiro atoms. The molecule has 2 aromatic carbocycles. The van der Waals surface area contributed by atoms with Gasteiger partial charge in [0.2, 0.25) is 10.0 Å². The van der Waals surface area contributed by atoms with Crippen molar-refractivity contribution in [1.82, 2.24) is 9.62 Å². The monoisotopic (exact) mass is 422 g/mol. The van der Waals surface area contributed by atoms with Gasteiger partial charge in [-0.1, -0.05) is 26.0 Å². The molecule has 1 amide bonds. The molecule has 0 saturated carbocycles. The molecule has 1 aliphatic rings. The van der Waals surface area contributed by atoms with E-state index in [9.17, 15) is 17.6 Å². The highest BCUT2D eigenvalue weighted by atomic mass is 32.2. The van der Waals surface area contributed by atoms with Gasteiger partial charge in [-0.25, -0.2) is 12.8 Å². The first kappa shape index (κ1) is 20.8. The van der Waals surface area contributed by atoms with Gasteiger partial charge in [-0.3, -0.25) is 4.79 Å². The van der Waals surface area contributed by atoms with E-state index in [4.69, 9.17) is 0 Å². The van der Waals surface area contributed by atoms with Crippen molar-refractivity contribution in [1.29, 1.82) is 0 Å². The second kappa shape index (κ2) is 8.63.